The number of para-hydroxylation sites is 1. The number of aromatic nitrogens is 4. The van der Waals surface area contributed by atoms with E-state index in [1.54, 1.807) is 6.08 Å². The first-order valence-electron chi connectivity index (χ1n) is 17.9. The molecule has 3 heterocycles. The van der Waals surface area contributed by atoms with Gasteiger partial charge in [-0.15, -0.1) is 0 Å². The van der Waals surface area contributed by atoms with Crippen LogP contribution < -0.4 is 0 Å². The molecule has 252 valence electrons. The second-order valence-corrected chi connectivity index (χ2v) is 14.1. The van der Waals surface area contributed by atoms with Gasteiger partial charge in [0.2, 0.25) is 0 Å². The van der Waals surface area contributed by atoms with Crippen LogP contribution in [0.3, 0.4) is 0 Å². The predicted octanol–water partition coefficient (Wildman–Crippen LogP) is 12.2. The average Bonchev–Trinajstić information content (AvgIpc) is 3.81. The van der Waals surface area contributed by atoms with E-state index in [4.69, 9.17) is 19.4 Å². The van der Waals surface area contributed by atoms with Crippen molar-refractivity contribution in [1.29, 1.82) is 0 Å². The minimum absolute atomic E-state index is 0.124. The van der Waals surface area contributed by atoms with Crippen molar-refractivity contribution < 1.29 is 4.42 Å². The molecule has 0 atom stereocenters. The van der Waals surface area contributed by atoms with Crippen LogP contribution in [-0.2, 0) is 5.41 Å². The fourth-order valence-corrected chi connectivity index (χ4v) is 8.11. The molecule has 9 aromatic rings. The van der Waals surface area contributed by atoms with E-state index in [0.29, 0.717) is 23.2 Å². The van der Waals surface area contributed by atoms with Gasteiger partial charge in [0.05, 0.1) is 16.6 Å². The molecule has 0 amide bonds. The second-order valence-electron chi connectivity index (χ2n) is 14.1. The fourth-order valence-electron chi connectivity index (χ4n) is 8.11. The maximum absolute atomic E-state index is 6.57. The van der Waals surface area contributed by atoms with Crippen molar-refractivity contribution in [2.45, 2.75) is 19.3 Å². The van der Waals surface area contributed by atoms with E-state index in [9.17, 15) is 0 Å². The van der Waals surface area contributed by atoms with Gasteiger partial charge < -0.3 is 8.98 Å². The van der Waals surface area contributed by atoms with E-state index in [1.165, 1.54) is 38.5 Å². The van der Waals surface area contributed by atoms with Gasteiger partial charge in [0.25, 0.3) is 0 Å². The standard InChI is InChI=1S/C48H34N4O/c1-4-5-24-43-44(47-50-45(30-16-8-6-9-17-30)49-46(51-47)31-18-10-7-11-19-31)37-27-32(25-26-42(37)53-43)52-40-23-15-13-21-34(40)36-28-35-33-20-12-14-22-38(33)48(2,3)39(35)29-41(36)52/h4-29H,1H2,2-3H3/b24-5-. The molecular formula is C48H34N4O. The molecule has 0 saturated heterocycles. The van der Waals surface area contributed by atoms with Crippen LogP contribution in [-0.4, -0.2) is 19.5 Å². The van der Waals surface area contributed by atoms with Gasteiger partial charge in [0, 0.05) is 38.4 Å². The van der Waals surface area contributed by atoms with E-state index in [0.717, 1.165) is 38.9 Å². The van der Waals surface area contributed by atoms with Crippen molar-refractivity contribution in [3.63, 3.8) is 0 Å². The smallest absolute Gasteiger partial charge is 0.168 e. The third kappa shape index (κ3) is 4.81. The molecule has 0 fully saturated rings. The summed E-state index contributed by atoms with van der Waals surface area (Å²) in [7, 11) is 0. The lowest BCUT2D eigenvalue weighted by Gasteiger charge is -2.21. The van der Waals surface area contributed by atoms with Gasteiger partial charge in [-0.3, -0.25) is 0 Å². The summed E-state index contributed by atoms with van der Waals surface area (Å²) in [6.45, 7) is 8.59. The Kier molecular flexibility index (Phi) is 6.92. The Balaban J connectivity index is 1.24. The largest absolute Gasteiger partial charge is 0.456 e. The maximum Gasteiger partial charge on any atom is 0.168 e. The highest BCUT2D eigenvalue weighted by molar-refractivity contribution is 6.12. The molecule has 0 bridgehead atoms. The first-order valence-corrected chi connectivity index (χ1v) is 17.9. The second kappa shape index (κ2) is 11.9. The van der Waals surface area contributed by atoms with Crippen LogP contribution in [0.25, 0.3) is 89.8 Å². The van der Waals surface area contributed by atoms with Crippen molar-refractivity contribution in [2.24, 2.45) is 0 Å². The molecule has 0 saturated carbocycles. The van der Waals surface area contributed by atoms with Crippen molar-refractivity contribution in [3.05, 3.63) is 175 Å². The quantitative estimate of drug-likeness (QED) is 0.164. The third-order valence-electron chi connectivity index (χ3n) is 10.6. The number of nitrogens with zero attached hydrogens (tertiary/aromatic N) is 4. The molecule has 5 heteroatoms. The highest BCUT2D eigenvalue weighted by Gasteiger charge is 2.36. The Hall–Kier alpha value is -6.85. The SMILES string of the molecule is C=C/C=C\c1oc2ccc(-n3c4ccccc4c4cc5c(cc43)C(C)(C)c3ccccc3-5)cc2c1-c1nc(-c2ccccc2)nc(-c2ccccc2)n1. The van der Waals surface area contributed by atoms with Gasteiger partial charge in [0.15, 0.2) is 17.5 Å². The molecule has 1 aliphatic rings. The third-order valence-corrected chi connectivity index (χ3v) is 10.6. The Bertz CT molecular complexity index is 2870. The molecule has 1 aliphatic carbocycles. The lowest BCUT2D eigenvalue weighted by Crippen LogP contribution is -2.14. The van der Waals surface area contributed by atoms with Gasteiger partial charge in [-0.25, -0.2) is 15.0 Å². The van der Waals surface area contributed by atoms with Crippen molar-refractivity contribution in [2.75, 3.05) is 0 Å². The number of hydrogen-bond donors (Lipinski definition) is 0. The van der Waals surface area contributed by atoms with E-state index in [2.05, 4.69) is 104 Å². The van der Waals surface area contributed by atoms with Gasteiger partial charge in [-0.1, -0.05) is 136 Å². The molecule has 5 nitrogen and oxygen atoms in total. The van der Waals surface area contributed by atoms with Crippen LogP contribution in [0.5, 0.6) is 0 Å². The van der Waals surface area contributed by atoms with Crippen molar-refractivity contribution >= 4 is 38.9 Å². The number of furan rings is 1. The number of fused-ring (bicyclic) bond motifs is 7. The van der Waals surface area contributed by atoms with Gasteiger partial charge in [0.1, 0.15) is 11.3 Å². The molecule has 53 heavy (non-hydrogen) atoms. The zero-order valence-electron chi connectivity index (χ0n) is 29.4. The van der Waals surface area contributed by atoms with Crippen LogP contribution in [0.2, 0.25) is 0 Å². The molecule has 6 aromatic carbocycles. The van der Waals surface area contributed by atoms with Crippen molar-refractivity contribution in [1.82, 2.24) is 19.5 Å². The maximum atomic E-state index is 6.57. The van der Waals surface area contributed by atoms with Crippen LogP contribution in [0.15, 0.2) is 163 Å². The molecule has 10 rings (SSSR count). The minimum Gasteiger partial charge on any atom is -0.456 e. The van der Waals surface area contributed by atoms with Crippen LogP contribution >= 0.6 is 0 Å². The van der Waals surface area contributed by atoms with Gasteiger partial charge in [-0.05, 0) is 64.7 Å². The summed E-state index contributed by atoms with van der Waals surface area (Å²) in [6, 6.07) is 48.8. The van der Waals surface area contributed by atoms with E-state index >= 15 is 0 Å². The van der Waals surface area contributed by atoms with Crippen LogP contribution in [0.4, 0.5) is 0 Å². The zero-order chi connectivity index (χ0) is 35.7. The average molecular weight is 683 g/mol. The molecule has 0 unspecified atom stereocenters. The minimum atomic E-state index is -0.124. The molecular weight excluding hydrogens is 649 g/mol. The zero-order valence-corrected chi connectivity index (χ0v) is 29.4. The van der Waals surface area contributed by atoms with Gasteiger partial charge in [-0.2, -0.15) is 0 Å². The molecule has 0 N–H and O–H groups in total. The summed E-state index contributed by atoms with van der Waals surface area (Å²) >= 11 is 0. The van der Waals surface area contributed by atoms with E-state index < -0.39 is 0 Å². The first-order chi connectivity index (χ1) is 26.0. The number of allylic oxidation sites excluding steroid dienone is 2. The van der Waals surface area contributed by atoms with E-state index in [1.807, 2.05) is 72.8 Å². The summed E-state index contributed by atoms with van der Waals surface area (Å²) in [4.78, 5) is 15.2. The summed E-state index contributed by atoms with van der Waals surface area (Å²) in [5.41, 5.74) is 11.9. The predicted molar refractivity (Wildman–Crippen MR) is 217 cm³/mol. The van der Waals surface area contributed by atoms with Crippen LogP contribution in [0.1, 0.15) is 30.7 Å². The van der Waals surface area contributed by atoms with E-state index in [-0.39, 0.29) is 5.41 Å². The lowest BCUT2D eigenvalue weighted by molar-refractivity contribution is 0.605. The first kappa shape index (κ1) is 30.9. The summed E-state index contributed by atoms with van der Waals surface area (Å²) < 4.78 is 8.96. The summed E-state index contributed by atoms with van der Waals surface area (Å²) in [5.74, 6) is 2.38. The Morgan fingerprint density at radius 3 is 1.98 bits per heavy atom. The van der Waals surface area contributed by atoms with Crippen molar-refractivity contribution in [3.8, 4) is 51.0 Å². The number of benzene rings is 6. The Labute approximate surface area is 307 Å². The summed E-state index contributed by atoms with van der Waals surface area (Å²) in [6.07, 6.45) is 5.56. The topological polar surface area (TPSA) is 56.7 Å². The van der Waals surface area contributed by atoms with Gasteiger partial charge >= 0.3 is 0 Å². The monoisotopic (exact) mass is 682 g/mol. The summed E-state index contributed by atoms with van der Waals surface area (Å²) in [5, 5.41) is 3.36. The molecule has 0 radical (unpaired) electrons. The Morgan fingerprint density at radius 2 is 1.25 bits per heavy atom. The molecule has 0 spiro atoms. The number of hydrogen-bond acceptors (Lipinski definition) is 4. The normalized spacial score (nSPS) is 13.2. The highest BCUT2D eigenvalue weighted by atomic mass is 16.3. The molecule has 3 aromatic heterocycles. The highest BCUT2D eigenvalue weighted by Crippen LogP contribution is 2.51. The lowest BCUT2D eigenvalue weighted by atomic mass is 9.82. The van der Waals surface area contributed by atoms with Crippen LogP contribution in [0, 0.1) is 0 Å². The number of rotatable bonds is 6. The molecule has 0 aliphatic heterocycles. The Morgan fingerprint density at radius 1 is 0.585 bits per heavy atom. The fraction of sp³-hybridized carbons (Fsp3) is 0.0625.